The molecule has 5 rings (SSSR count). The van der Waals surface area contributed by atoms with Crippen LogP contribution in [0.5, 0.6) is 11.5 Å². The number of piperazine rings is 1. The van der Waals surface area contributed by atoms with Crippen LogP contribution in [0.15, 0.2) is 18.2 Å². The van der Waals surface area contributed by atoms with Gasteiger partial charge in [-0.15, -0.1) is 0 Å². The summed E-state index contributed by atoms with van der Waals surface area (Å²) in [6.07, 6.45) is 7.52. The van der Waals surface area contributed by atoms with E-state index in [1.54, 1.807) is 0 Å². The quantitative estimate of drug-likeness (QED) is 0.721. The van der Waals surface area contributed by atoms with Crippen LogP contribution in [0.2, 0.25) is 0 Å². The highest BCUT2D eigenvalue weighted by Gasteiger charge is 2.42. The first kappa shape index (κ1) is 20.6. The Kier molecular flexibility index (Phi) is 5.75. The van der Waals surface area contributed by atoms with Gasteiger partial charge in [0.15, 0.2) is 11.5 Å². The van der Waals surface area contributed by atoms with Crippen molar-refractivity contribution < 1.29 is 19.1 Å². The molecule has 168 valence electrons. The Morgan fingerprint density at radius 1 is 0.903 bits per heavy atom. The zero-order valence-electron chi connectivity index (χ0n) is 18.0. The normalized spacial score (nSPS) is 23.0. The van der Waals surface area contributed by atoms with E-state index in [1.807, 2.05) is 18.2 Å². The molecule has 8 heteroatoms. The van der Waals surface area contributed by atoms with E-state index < -0.39 is 5.79 Å². The van der Waals surface area contributed by atoms with Gasteiger partial charge in [0.05, 0.1) is 13.1 Å². The molecule has 2 aliphatic carbocycles. The number of nitrogens with zero attached hydrogens (tertiary/aromatic N) is 2. The number of benzene rings is 1. The number of hydrogen-bond donors (Lipinski definition) is 2. The fraction of sp³-hybridized carbons (Fsp3) is 0.652. The van der Waals surface area contributed by atoms with Gasteiger partial charge in [-0.05, 0) is 37.8 Å². The monoisotopic (exact) mass is 428 g/mol. The van der Waals surface area contributed by atoms with E-state index in [2.05, 4.69) is 20.4 Å². The minimum absolute atomic E-state index is 0.0360. The molecule has 31 heavy (non-hydrogen) atoms. The average Bonchev–Trinajstić information content (AvgIpc) is 3.49. The predicted molar refractivity (Wildman–Crippen MR) is 116 cm³/mol. The van der Waals surface area contributed by atoms with Gasteiger partial charge in [-0.3, -0.25) is 19.4 Å². The van der Waals surface area contributed by atoms with Gasteiger partial charge < -0.3 is 20.1 Å². The predicted octanol–water partition coefficient (Wildman–Crippen LogP) is 1.95. The zero-order chi connectivity index (χ0) is 21.3. The Hall–Kier alpha value is -2.32. The zero-order valence-corrected chi connectivity index (χ0v) is 18.0. The van der Waals surface area contributed by atoms with E-state index in [1.165, 1.54) is 6.42 Å². The van der Waals surface area contributed by atoms with Crippen molar-refractivity contribution in [2.24, 2.45) is 0 Å². The van der Waals surface area contributed by atoms with Crippen LogP contribution in [0.3, 0.4) is 0 Å². The Morgan fingerprint density at radius 3 is 2.23 bits per heavy atom. The molecule has 3 fully saturated rings. The lowest BCUT2D eigenvalue weighted by Gasteiger charge is -2.33. The minimum atomic E-state index is -0.502. The molecule has 0 unspecified atom stereocenters. The summed E-state index contributed by atoms with van der Waals surface area (Å²) in [5.74, 6) is 1.07. The molecule has 8 nitrogen and oxygen atoms in total. The van der Waals surface area contributed by atoms with E-state index in [4.69, 9.17) is 9.47 Å². The van der Waals surface area contributed by atoms with Crippen molar-refractivity contribution in [3.63, 3.8) is 0 Å². The summed E-state index contributed by atoms with van der Waals surface area (Å²) in [5.41, 5.74) is 0.732. The number of nitrogens with one attached hydrogen (secondary N) is 2. The second kappa shape index (κ2) is 8.67. The van der Waals surface area contributed by atoms with E-state index in [-0.39, 0.29) is 11.8 Å². The molecule has 1 spiro atoms. The molecule has 2 heterocycles. The van der Waals surface area contributed by atoms with Gasteiger partial charge in [-0.2, -0.15) is 0 Å². The molecule has 2 saturated carbocycles. The summed E-state index contributed by atoms with van der Waals surface area (Å²) in [5, 5.41) is 6.02. The summed E-state index contributed by atoms with van der Waals surface area (Å²) in [6.45, 7) is 3.98. The molecule has 0 atom stereocenters. The van der Waals surface area contributed by atoms with Gasteiger partial charge in [0.1, 0.15) is 0 Å². The third-order valence-electron chi connectivity index (χ3n) is 6.58. The maximum atomic E-state index is 12.6. The standard InChI is InChI=1S/C23H32N4O4/c28-21(24-17-4-5-17)15-26-10-12-27(13-11-26)16-22(29)25-18-6-7-19-20(14-18)31-23(30-19)8-2-1-3-9-23/h6-7,14,17H,1-5,8-13,15-16H2,(H,24,28)(H,25,29). The fourth-order valence-electron chi connectivity index (χ4n) is 4.68. The maximum Gasteiger partial charge on any atom is 0.251 e. The summed E-state index contributed by atoms with van der Waals surface area (Å²) in [7, 11) is 0. The number of rotatable bonds is 6. The van der Waals surface area contributed by atoms with Gasteiger partial charge in [0.2, 0.25) is 11.8 Å². The molecule has 1 aromatic carbocycles. The largest absolute Gasteiger partial charge is 0.448 e. The molecule has 0 aromatic heterocycles. The van der Waals surface area contributed by atoms with Crippen molar-refractivity contribution in [2.75, 3.05) is 44.6 Å². The summed E-state index contributed by atoms with van der Waals surface area (Å²) >= 11 is 0. The lowest BCUT2D eigenvalue weighted by atomic mass is 9.94. The molecule has 0 radical (unpaired) electrons. The van der Waals surface area contributed by atoms with Crippen molar-refractivity contribution in [1.29, 1.82) is 0 Å². The second-order valence-corrected chi connectivity index (χ2v) is 9.28. The Bertz CT molecular complexity index is 827. The average molecular weight is 429 g/mol. The number of carbonyl (C=O) groups is 2. The van der Waals surface area contributed by atoms with Crippen LogP contribution < -0.4 is 20.1 Å². The van der Waals surface area contributed by atoms with Crippen LogP contribution in [0.4, 0.5) is 5.69 Å². The summed E-state index contributed by atoms with van der Waals surface area (Å²) in [4.78, 5) is 28.8. The molecular formula is C23H32N4O4. The fourth-order valence-corrected chi connectivity index (χ4v) is 4.68. The topological polar surface area (TPSA) is 83.1 Å². The van der Waals surface area contributed by atoms with E-state index >= 15 is 0 Å². The van der Waals surface area contributed by atoms with Gasteiger partial charge >= 0.3 is 0 Å². The highest BCUT2D eigenvalue weighted by atomic mass is 16.7. The number of anilines is 1. The second-order valence-electron chi connectivity index (χ2n) is 9.28. The SMILES string of the molecule is O=C(CN1CCN(CC(=O)NC2CC2)CC1)Nc1ccc2c(c1)OC1(CCCCC1)O2. The third kappa shape index (κ3) is 5.13. The van der Waals surface area contributed by atoms with Crippen LogP contribution >= 0.6 is 0 Å². The van der Waals surface area contributed by atoms with E-state index in [0.717, 1.165) is 81.9 Å². The number of ether oxygens (including phenoxy) is 2. The van der Waals surface area contributed by atoms with Crippen LogP contribution in [0, 0.1) is 0 Å². The third-order valence-corrected chi connectivity index (χ3v) is 6.58. The molecule has 2 amide bonds. The molecule has 1 aromatic rings. The summed E-state index contributed by atoms with van der Waals surface area (Å²) < 4.78 is 12.3. The smallest absolute Gasteiger partial charge is 0.251 e. The lowest BCUT2D eigenvalue weighted by molar-refractivity contribution is -0.123. The van der Waals surface area contributed by atoms with Crippen molar-refractivity contribution in [3.05, 3.63) is 18.2 Å². The van der Waals surface area contributed by atoms with Gasteiger partial charge in [-0.25, -0.2) is 0 Å². The van der Waals surface area contributed by atoms with Crippen molar-refractivity contribution >= 4 is 17.5 Å². The van der Waals surface area contributed by atoms with Crippen LogP contribution in [-0.4, -0.2) is 72.7 Å². The van der Waals surface area contributed by atoms with Crippen molar-refractivity contribution in [2.45, 2.75) is 56.8 Å². The first-order valence-corrected chi connectivity index (χ1v) is 11.6. The Morgan fingerprint density at radius 2 is 1.55 bits per heavy atom. The molecule has 1 saturated heterocycles. The Balaban J connectivity index is 1.07. The van der Waals surface area contributed by atoms with Crippen LogP contribution in [0.1, 0.15) is 44.9 Å². The number of fused-ring (bicyclic) bond motifs is 1. The highest BCUT2D eigenvalue weighted by Crippen LogP contribution is 2.46. The summed E-state index contributed by atoms with van der Waals surface area (Å²) in [6, 6.07) is 6.03. The first-order chi connectivity index (χ1) is 15.1. The molecule has 0 bridgehead atoms. The molecular weight excluding hydrogens is 396 g/mol. The van der Waals surface area contributed by atoms with Crippen LogP contribution in [0.25, 0.3) is 0 Å². The first-order valence-electron chi connectivity index (χ1n) is 11.6. The Labute approximate surface area is 183 Å². The number of hydrogen-bond acceptors (Lipinski definition) is 6. The number of amides is 2. The molecule has 2 N–H and O–H groups in total. The minimum Gasteiger partial charge on any atom is -0.448 e. The van der Waals surface area contributed by atoms with Crippen molar-refractivity contribution in [3.8, 4) is 11.5 Å². The maximum absolute atomic E-state index is 12.6. The highest BCUT2D eigenvalue weighted by molar-refractivity contribution is 5.92. The van der Waals surface area contributed by atoms with Crippen molar-refractivity contribution in [1.82, 2.24) is 15.1 Å². The molecule has 2 aliphatic heterocycles. The van der Waals surface area contributed by atoms with Crippen LogP contribution in [-0.2, 0) is 9.59 Å². The van der Waals surface area contributed by atoms with Gasteiger partial charge in [0, 0.05) is 56.8 Å². The lowest BCUT2D eigenvalue weighted by Crippen LogP contribution is -2.51. The number of carbonyl (C=O) groups excluding carboxylic acids is 2. The van der Waals surface area contributed by atoms with E-state index in [9.17, 15) is 9.59 Å². The van der Waals surface area contributed by atoms with Gasteiger partial charge in [-0.1, -0.05) is 6.42 Å². The van der Waals surface area contributed by atoms with Gasteiger partial charge in [0.25, 0.3) is 5.79 Å². The molecule has 4 aliphatic rings. The van der Waals surface area contributed by atoms with E-state index in [0.29, 0.717) is 19.1 Å².